The van der Waals surface area contributed by atoms with Gasteiger partial charge in [0.15, 0.2) is 0 Å². The van der Waals surface area contributed by atoms with Crippen LogP contribution in [0.15, 0.2) is 47.1 Å². The molecule has 0 saturated carbocycles. The minimum atomic E-state index is -0.0967. The van der Waals surface area contributed by atoms with Gasteiger partial charge in [-0.1, -0.05) is 12.1 Å². The zero-order valence-electron chi connectivity index (χ0n) is 10.3. The minimum absolute atomic E-state index is 0.0819. The normalized spacial score (nSPS) is 12.7. The molecular formula is C14H15N3O2. The third-order valence-electron chi connectivity index (χ3n) is 3.00. The number of hydrogen-bond acceptors (Lipinski definition) is 4. The zero-order valence-corrected chi connectivity index (χ0v) is 10.3. The molecule has 5 heteroatoms. The number of nitrogens with zero attached hydrogens (tertiary/aromatic N) is 1. The van der Waals surface area contributed by atoms with E-state index in [9.17, 15) is 0 Å². The Morgan fingerprint density at radius 3 is 2.89 bits per heavy atom. The highest BCUT2D eigenvalue weighted by molar-refractivity contribution is 5.77. The van der Waals surface area contributed by atoms with Crippen LogP contribution in [-0.2, 0) is 0 Å². The molecule has 0 saturated heterocycles. The number of fused-ring (bicyclic) bond motifs is 1. The number of aliphatic hydroxyl groups is 1. The van der Waals surface area contributed by atoms with E-state index in [1.165, 1.54) is 0 Å². The smallest absolute Gasteiger partial charge is 0.201 e. The van der Waals surface area contributed by atoms with Crippen molar-refractivity contribution in [2.24, 2.45) is 0 Å². The van der Waals surface area contributed by atoms with Crippen LogP contribution in [0.1, 0.15) is 18.2 Å². The first-order chi connectivity index (χ1) is 9.36. The standard InChI is InChI=1S/C14H15N3O2/c18-8-7-12(13-6-3-9-19-13)17-14-15-10-4-1-2-5-11(10)16-14/h1-6,9,12,18H,7-8H2,(H2,15,16,17). The molecule has 0 spiro atoms. The van der Waals surface area contributed by atoms with Gasteiger partial charge in [0, 0.05) is 6.61 Å². The number of hydrogen-bond donors (Lipinski definition) is 3. The maximum absolute atomic E-state index is 9.14. The Labute approximate surface area is 110 Å². The fourth-order valence-electron chi connectivity index (χ4n) is 2.09. The number of benzene rings is 1. The molecule has 3 rings (SSSR count). The van der Waals surface area contributed by atoms with Gasteiger partial charge < -0.3 is 19.8 Å². The molecule has 0 aliphatic heterocycles. The quantitative estimate of drug-likeness (QED) is 0.657. The second kappa shape index (κ2) is 5.16. The van der Waals surface area contributed by atoms with Crippen molar-refractivity contribution in [3.05, 3.63) is 48.4 Å². The fourth-order valence-corrected chi connectivity index (χ4v) is 2.09. The molecule has 2 aromatic heterocycles. The highest BCUT2D eigenvalue weighted by Crippen LogP contribution is 2.23. The molecule has 5 nitrogen and oxygen atoms in total. The summed E-state index contributed by atoms with van der Waals surface area (Å²) < 4.78 is 5.38. The summed E-state index contributed by atoms with van der Waals surface area (Å²) in [5.41, 5.74) is 1.89. The van der Waals surface area contributed by atoms with Crippen molar-refractivity contribution in [2.45, 2.75) is 12.5 Å². The number of nitrogens with one attached hydrogen (secondary N) is 2. The average Bonchev–Trinajstić information content (AvgIpc) is 3.07. The number of para-hydroxylation sites is 2. The van der Waals surface area contributed by atoms with Gasteiger partial charge in [-0.05, 0) is 30.7 Å². The Hall–Kier alpha value is -2.27. The summed E-state index contributed by atoms with van der Waals surface area (Å²) in [6, 6.07) is 11.5. The molecule has 0 aliphatic rings. The SMILES string of the molecule is OCCC(Nc1nc2ccccc2[nH]1)c1ccco1. The largest absolute Gasteiger partial charge is 0.467 e. The van der Waals surface area contributed by atoms with Crippen LogP contribution < -0.4 is 5.32 Å². The number of H-pyrrole nitrogens is 1. The molecule has 1 atom stereocenters. The van der Waals surface area contributed by atoms with Crippen LogP contribution in [0.25, 0.3) is 11.0 Å². The number of furan rings is 1. The summed E-state index contributed by atoms with van der Waals surface area (Å²) in [4.78, 5) is 7.66. The summed E-state index contributed by atoms with van der Waals surface area (Å²) in [7, 11) is 0. The molecule has 0 amide bonds. The van der Waals surface area contributed by atoms with Crippen molar-refractivity contribution < 1.29 is 9.52 Å². The molecule has 19 heavy (non-hydrogen) atoms. The lowest BCUT2D eigenvalue weighted by Crippen LogP contribution is -2.12. The number of anilines is 1. The number of aliphatic hydroxyl groups excluding tert-OH is 1. The zero-order chi connectivity index (χ0) is 13.1. The van der Waals surface area contributed by atoms with Gasteiger partial charge in [-0.2, -0.15) is 0 Å². The Bertz CT molecular complexity index is 613. The first kappa shape index (κ1) is 11.8. The molecule has 2 heterocycles. The van der Waals surface area contributed by atoms with E-state index < -0.39 is 0 Å². The molecule has 0 radical (unpaired) electrons. The van der Waals surface area contributed by atoms with E-state index in [2.05, 4.69) is 15.3 Å². The fraction of sp³-hybridized carbons (Fsp3) is 0.214. The number of imidazole rings is 1. The maximum atomic E-state index is 9.14. The second-order valence-electron chi connectivity index (χ2n) is 4.33. The highest BCUT2D eigenvalue weighted by Gasteiger charge is 2.15. The van der Waals surface area contributed by atoms with Crippen molar-refractivity contribution in [3.8, 4) is 0 Å². The number of aromatic nitrogens is 2. The van der Waals surface area contributed by atoms with E-state index in [0.29, 0.717) is 12.4 Å². The van der Waals surface area contributed by atoms with E-state index >= 15 is 0 Å². The van der Waals surface area contributed by atoms with Gasteiger partial charge in [-0.3, -0.25) is 0 Å². The Morgan fingerprint density at radius 2 is 2.16 bits per heavy atom. The molecule has 98 valence electrons. The van der Waals surface area contributed by atoms with Crippen LogP contribution in [0, 0.1) is 0 Å². The Morgan fingerprint density at radius 1 is 1.26 bits per heavy atom. The Kier molecular flexibility index (Phi) is 3.20. The van der Waals surface area contributed by atoms with E-state index in [4.69, 9.17) is 9.52 Å². The van der Waals surface area contributed by atoms with Crippen molar-refractivity contribution >= 4 is 17.0 Å². The van der Waals surface area contributed by atoms with Gasteiger partial charge in [0.1, 0.15) is 5.76 Å². The minimum Gasteiger partial charge on any atom is -0.467 e. The predicted molar refractivity (Wildman–Crippen MR) is 72.9 cm³/mol. The van der Waals surface area contributed by atoms with Gasteiger partial charge in [-0.25, -0.2) is 4.98 Å². The molecule has 0 bridgehead atoms. The summed E-state index contributed by atoms with van der Waals surface area (Å²) in [6.07, 6.45) is 2.19. The van der Waals surface area contributed by atoms with Crippen LogP contribution in [0.4, 0.5) is 5.95 Å². The van der Waals surface area contributed by atoms with Gasteiger partial charge >= 0.3 is 0 Å². The molecule has 3 N–H and O–H groups in total. The molecule has 3 aromatic rings. The number of aromatic amines is 1. The average molecular weight is 257 g/mol. The van der Waals surface area contributed by atoms with E-state index in [1.807, 2.05) is 36.4 Å². The van der Waals surface area contributed by atoms with E-state index in [0.717, 1.165) is 16.8 Å². The summed E-state index contributed by atoms with van der Waals surface area (Å²) >= 11 is 0. The maximum Gasteiger partial charge on any atom is 0.201 e. The molecular weight excluding hydrogens is 242 g/mol. The number of rotatable bonds is 5. The van der Waals surface area contributed by atoms with Crippen LogP contribution >= 0.6 is 0 Å². The lowest BCUT2D eigenvalue weighted by Gasteiger charge is -2.14. The van der Waals surface area contributed by atoms with E-state index in [1.54, 1.807) is 6.26 Å². The monoisotopic (exact) mass is 257 g/mol. The lowest BCUT2D eigenvalue weighted by molar-refractivity contribution is 0.273. The van der Waals surface area contributed by atoms with E-state index in [-0.39, 0.29) is 12.6 Å². The highest BCUT2D eigenvalue weighted by atomic mass is 16.3. The van der Waals surface area contributed by atoms with Gasteiger partial charge in [0.25, 0.3) is 0 Å². The molecule has 1 unspecified atom stereocenters. The molecule has 0 aliphatic carbocycles. The van der Waals surface area contributed by atoms with Gasteiger partial charge in [0.05, 0.1) is 23.3 Å². The topological polar surface area (TPSA) is 74.1 Å². The van der Waals surface area contributed by atoms with Gasteiger partial charge in [0.2, 0.25) is 5.95 Å². The van der Waals surface area contributed by atoms with Crippen molar-refractivity contribution in [2.75, 3.05) is 11.9 Å². The summed E-state index contributed by atoms with van der Waals surface area (Å²) in [5.74, 6) is 1.46. The summed E-state index contributed by atoms with van der Waals surface area (Å²) in [6.45, 7) is 0.0819. The van der Waals surface area contributed by atoms with Crippen LogP contribution in [-0.4, -0.2) is 21.7 Å². The third-order valence-corrected chi connectivity index (χ3v) is 3.00. The Balaban J connectivity index is 1.85. The van der Waals surface area contributed by atoms with Crippen molar-refractivity contribution in [1.29, 1.82) is 0 Å². The van der Waals surface area contributed by atoms with Gasteiger partial charge in [-0.15, -0.1) is 0 Å². The summed E-state index contributed by atoms with van der Waals surface area (Å²) in [5, 5.41) is 12.4. The first-order valence-electron chi connectivity index (χ1n) is 6.22. The first-order valence-corrected chi connectivity index (χ1v) is 6.22. The molecule has 0 fully saturated rings. The third kappa shape index (κ3) is 2.46. The van der Waals surface area contributed by atoms with Crippen LogP contribution in [0.3, 0.4) is 0 Å². The second-order valence-corrected chi connectivity index (χ2v) is 4.33. The molecule has 1 aromatic carbocycles. The van der Waals surface area contributed by atoms with Crippen molar-refractivity contribution in [3.63, 3.8) is 0 Å². The lowest BCUT2D eigenvalue weighted by atomic mass is 10.1. The van der Waals surface area contributed by atoms with Crippen LogP contribution in [0.2, 0.25) is 0 Å². The van der Waals surface area contributed by atoms with Crippen molar-refractivity contribution in [1.82, 2.24) is 9.97 Å². The van der Waals surface area contributed by atoms with Crippen LogP contribution in [0.5, 0.6) is 0 Å². The predicted octanol–water partition coefficient (Wildman–Crippen LogP) is 2.69.